The van der Waals surface area contributed by atoms with Gasteiger partial charge in [0.25, 0.3) is 5.69 Å². The van der Waals surface area contributed by atoms with Crippen LogP contribution in [-0.2, 0) is 9.53 Å². The van der Waals surface area contributed by atoms with Gasteiger partial charge in [0.1, 0.15) is 5.39 Å². The molecule has 0 aliphatic heterocycles. The lowest BCUT2D eigenvalue weighted by atomic mass is 10.0. The van der Waals surface area contributed by atoms with Crippen LogP contribution in [0.25, 0.3) is 21.8 Å². The molecule has 1 unspecified atom stereocenters. The Balaban J connectivity index is 2.36. The number of carbonyl (C=O) groups excluding carboxylic acids is 1. The quantitative estimate of drug-likeness (QED) is 0.241. The molecule has 1 N–H and O–H groups in total. The lowest BCUT2D eigenvalue weighted by Crippen LogP contribution is -2.25. The van der Waals surface area contributed by atoms with E-state index in [2.05, 4.69) is 10.3 Å². The van der Waals surface area contributed by atoms with E-state index in [1.165, 1.54) is 13.0 Å². The zero-order valence-corrected chi connectivity index (χ0v) is 14.8. The highest BCUT2D eigenvalue weighted by Crippen LogP contribution is 2.38. The van der Waals surface area contributed by atoms with Crippen LogP contribution in [0.2, 0.25) is 0 Å². The van der Waals surface area contributed by atoms with E-state index in [0.29, 0.717) is 28.5 Å². The molecular formula is C19H19N3O4. The van der Waals surface area contributed by atoms with Gasteiger partial charge < -0.3 is 10.1 Å². The summed E-state index contributed by atoms with van der Waals surface area (Å²) in [7, 11) is 0. The SMILES string of the molecule is CCC(Nc1c2ccccc2nc2c(C)ccc([N+](=O)[O-])c12)OC(C)=O. The highest BCUT2D eigenvalue weighted by Gasteiger charge is 2.22. The monoisotopic (exact) mass is 353 g/mol. The van der Waals surface area contributed by atoms with Gasteiger partial charge in [-0.1, -0.05) is 31.2 Å². The predicted octanol–water partition coefficient (Wildman–Crippen LogP) is 4.32. The number of para-hydroxylation sites is 1. The molecule has 134 valence electrons. The molecule has 0 amide bonds. The van der Waals surface area contributed by atoms with Gasteiger partial charge in [-0.15, -0.1) is 0 Å². The van der Waals surface area contributed by atoms with Gasteiger partial charge in [-0.05, 0) is 18.6 Å². The maximum Gasteiger partial charge on any atom is 0.304 e. The second-order valence-corrected chi connectivity index (χ2v) is 6.04. The first kappa shape index (κ1) is 17.6. The molecule has 0 fully saturated rings. The fourth-order valence-electron chi connectivity index (χ4n) is 2.99. The van der Waals surface area contributed by atoms with Gasteiger partial charge in [0.15, 0.2) is 6.23 Å². The number of pyridine rings is 1. The molecule has 0 spiro atoms. The van der Waals surface area contributed by atoms with Crippen LogP contribution in [0.4, 0.5) is 11.4 Å². The van der Waals surface area contributed by atoms with Crippen molar-refractivity contribution in [3.05, 3.63) is 52.1 Å². The van der Waals surface area contributed by atoms with Crippen molar-refractivity contribution in [2.75, 3.05) is 5.32 Å². The Kier molecular flexibility index (Phi) is 4.71. The summed E-state index contributed by atoms with van der Waals surface area (Å²) in [6.07, 6.45) is -0.0845. The molecule has 0 aliphatic carbocycles. The standard InChI is InChI=1S/C19H19N3O4/c1-4-16(26-12(3)23)21-19-13-7-5-6-8-14(13)20-18-11(2)9-10-15(17(18)19)22(24)25/h5-10,16H,4H2,1-3H3,(H,20,21). The van der Waals surface area contributed by atoms with Gasteiger partial charge in [0, 0.05) is 24.8 Å². The van der Waals surface area contributed by atoms with E-state index in [9.17, 15) is 14.9 Å². The highest BCUT2D eigenvalue weighted by molar-refractivity contribution is 6.12. The number of fused-ring (bicyclic) bond motifs is 2. The number of nitro benzene ring substituents is 1. The molecule has 7 nitrogen and oxygen atoms in total. The number of aryl methyl sites for hydroxylation is 1. The number of esters is 1. The minimum Gasteiger partial charge on any atom is -0.442 e. The molecular weight excluding hydrogens is 334 g/mol. The smallest absolute Gasteiger partial charge is 0.304 e. The van der Waals surface area contributed by atoms with E-state index in [1.54, 1.807) is 6.07 Å². The number of benzene rings is 2. The number of ether oxygens (including phenoxy) is 1. The predicted molar refractivity (Wildman–Crippen MR) is 100 cm³/mol. The average Bonchev–Trinajstić information content (AvgIpc) is 2.60. The number of nitro groups is 1. The number of hydrogen-bond acceptors (Lipinski definition) is 6. The van der Waals surface area contributed by atoms with E-state index in [0.717, 1.165) is 10.9 Å². The Hall–Kier alpha value is -3.22. The highest BCUT2D eigenvalue weighted by atomic mass is 16.6. The van der Waals surface area contributed by atoms with Crippen molar-refractivity contribution in [2.24, 2.45) is 0 Å². The van der Waals surface area contributed by atoms with Crippen molar-refractivity contribution in [2.45, 2.75) is 33.4 Å². The van der Waals surface area contributed by atoms with Gasteiger partial charge in [-0.25, -0.2) is 4.98 Å². The molecule has 0 bridgehead atoms. The fourth-order valence-corrected chi connectivity index (χ4v) is 2.99. The Bertz CT molecular complexity index is 1020. The summed E-state index contributed by atoms with van der Waals surface area (Å²) < 4.78 is 5.29. The molecule has 2 aromatic carbocycles. The van der Waals surface area contributed by atoms with Crippen molar-refractivity contribution < 1.29 is 14.5 Å². The third kappa shape index (κ3) is 3.15. The van der Waals surface area contributed by atoms with Crippen molar-refractivity contribution in [3.8, 4) is 0 Å². The van der Waals surface area contributed by atoms with Crippen LogP contribution in [0.5, 0.6) is 0 Å². The van der Waals surface area contributed by atoms with Crippen LogP contribution in [0.15, 0.2) is 36.4 Å². The summed E-state index contributed by atoms with van der Waals surface area (Å²) in [4.78, 5) is 27.2. The van der Waals surface area contributed by atoms with Crippen molar-refractivity contribution in [1.29, 1.82) is 0 Å². The van der Waals surface area contributed by atoms with Gasteiger partial charge >= 0.3 is 5.97 Å². The molecule has 1 aromatic heterocycles. The lowest BCUT2D eigenvalue weighted by molar-refractivity contribution is -0.383. The second-order valence-electron chi connectivity index (χ2n) is 6.04. The Morgan fingerprint density at radius 1 is 1.31 bits per heavy atom. The maximum absolute atomic E-state index is 11.6. The first-order chi connectivity index (χ1) is 12.4. The third-order valence-corrected chi connectivity index (χ3v) is 4.19. The largest absolute Gasteiger partial charge is 0.442 e. The molecule has 0 saturated heterocycles. The Morgan fingerprint density at radius 3 is 2.69 bits per heavy atom. The van der Waals surface area contributed by atoms with Crippen molar-refractivity contribution in [3.63, 3.8) is 0 Å². The third-order valence-electron chi connectivity index (χ3n) is 4.19. The number of rotatable bonds is 5. The summed E-state index contributed by atoms with van der Waals surface area (Å²) in [6.45, 7) is 5.06. The van der Waals surface area contributed by atoms with E-state index in [1.807, 2.05) is 38.1 Å². The van der Waals surface area contributed by atoms with Gasteiger partial charge in [-0.3, -0.25) is 14.9 Å². The normalized spacial score (nSPS) is 12.1. The maximum atomic E-state index is 11.6. The van der Waals surface area contributed by atoms with Gasteiger partial charge in [0.2, 0.25) is 0 Å². The summed E-state index contributed by atoms with van der Waals surface area (Å²) in [5.74, 6) is -0.419. The van der Waals surface area contributed by atoms with E-state index in [-0.39, 0.29) is 5.69 Å². The number of hydrogen-bond donors (Lipinski definition) is 1. The molecule has 0 radical (unpaired) electrons. The Morgan fingerprint density at radius 2 is 2.04 bits per heavy atom. The zero-order valence-electron chi connectivity index (χ0n) is 14.8. The second kappa shape index (κ2) is 6.95. The van der Waals surface area contributed by atoms with Crippen LogP contribution < -0.4 is 5.32 Å². The molecule has 3 aromatic rings. The van der Waals surface area contributed by atoms with E-state index in [4.69, 9.17) is 4.74 Å². The van der Waals surface area contributed by atoms with E-state index >= 15 is 0 Å². The summed E-state index contributed by atoms with van der Waals surface area (Å²) >= 11 is 0. The molecule has 1 atom stereocenters. The first-order valence-electron chi connectivity index (χ1n) is 8.32. The molecule has 1 heterocycles. The minimum atomic E-state index is -0.596. The van der Waals surface area contributed by atoms with Crippen LogP contribution in [0, 0.1) is 17.0 Å². The number of carbonyl (C=O) groups is 1. The zero-order chi connectivity index (χ0) is 18.8. The van der Waals surface area contributed by atoms with Gasteiger partial charge in [-0.2, -0.15) is 0 Å². The van der Waals surface area contributed by atoms with E-state index < -0.39 is 17.1 Å². The van der Waals surface area contributed by atoms with Gasteiger partial charge in [0.05, 0.1) is 21.6 Å². The number of nitrogens with zero attached hydrogens (tertiary/aromatic N) is 2. The number of nitrogens with one attached hydrogen (secondary N) is 1. The average molecular weight is 353 g/mol. The van der Waals surface area contributed by atoms with Crippen LogP contribution in [0.3, 0.4) is 0 Å². The molecule has 3 rings (SSSR count). The fraction of sp³-hybridized carbons (Fsp3) is 0.263. The molecule has 0 saturated carbocycles. The minimum absolute atomic E-state index is 0.0379. The Labute approximate surface area is 150 Å². The van der Waals surface area contributed by atoms with Crippen molar-refractivity contribution in [1.82, 2.24) is 4.98 Å². The lowest BCUT2D eigenvalue weighted by Gasteiger charge is -2.21. The van der Waals surface area contributed by atoms with Crippen molar-refractivity contribution >= 4 is 39.1 Å². The number of anilines is 1. The van der Waals surface area contributed by atoms with Crippen LogP contribution in [-0.4, -0.2) is 22.1 Å². The topological polar surface area (TPSA) is 94.4 Å². The van der Waals surface area contributed by atoms with Crippen LogP contribution in [0.1, 0.15) is 25.8 Å². The number of aromatic nitrogens is 1. The first-order valence-corrected chi connectivity index (χ1v) is 8.32. The summed E-state index contributed by atoms with van der Waals surface area (Å²) in [6, 6.07) is 10.6. The molecule has 26 heavy (non-hydrogen) atoms. The van der Waals surface area contributed by atoms with Crippen LogP contribution >= 0.6 is 0 Å². The molecule has 0 aliphatic rings. The summed E-state index contributed by atoms with van der Waals surface area (Å²) in [5.41, 5.74) is 2.61. The summed E-state index contributed by atoms with van der Waals surface area (Å²) in [5, 5.41) is 15.9. The molecule has 7 heteroatoms. The number of non-ortho nitro benzene ring substituents is 1.